The van der Waals surface area contributed by atoms with Crippen molar-refractivity contribution in [2.75, 3.05) is 6.54 Å². The summed E-state index contributed by atoms with van der Waals surface area (Å²) in [5, 5.41) is 24.5. The molecule has 21 heteroatoms. The fourth-order valence-electron chi connectivity index (χ4n) is 8.74. The van der Waals surface area contributed by atoms with Crippen molar-refractivity contribution in [2.24, 2.45) is 11.7 Å². The molecule has 0 unspecified atom stereocenters. The lowest BCUT2D eigenvalue weighted by atomic mass is 9.97. The predicted octanol–water partition coefficient (Wildman–Crippen LogP) is 1.82. The monoisotopic (exact) mass is 984 g/mol. The average Bonchev–Trinajstić information content (AvgIpc) is 3.31. The fraction of sp³-hybridized carbons (Fsp3) is 0.673. The van der Waals surface area contributed by atoms with E-state index in [4.69, 9.17) is 19.9 Å². The lowest BCUT2D eigenvalue weighted by Crippen LogP contribution is -2.60. The number of hydrogen-bond acceptors (Lipinski definition) is 14. The van der Waals surface area contributed by atoms with Gasteiger partial charge in [0.1, 0.15) is 54.3 Å². The summed E-state index contributed by atoms with van der Waals surface area (Å²) < 4.78 is 16.9. The van der Waals surface area contributed by atoms with E-state index in [9.17, 15) is 53.1 Å². The molecule has 4 rings (SSSR count). The fourth-order valence-corrected chi connectivity index (χ4v) is 8.74. The molecule has 0 aliphatic heterocycles. The van der Waals surface area contributed by atoms with Gasteiger partial charge in [-0.2, -0.15) is 0 Å². The molecule has 9 N–H and O–H groups in total. The smallest absolute Gasteiger partial charge is 0.308 e. The summed E-state index contributed by atoms with van der Waals surface area (Å²) in [6.07, 6.45) is 9.33. The summed E-state index contributed by atoms with van der Waals surface area (Å²) in [7, 11) is 0. The van der Waals surface area contributed by atoms with Gasteiger partial charge in [0, 0.05) is 19.8 Å². The third-order valence-electron chi connectivity index (χ3n) is 12.6. The number of phenolic OH excluding ortho intramolecular Hbond substituents is 1. The van der Waals surface area contributed by atoms with Crippen LogP contribution in [0.5, 0.6) is 5.75 Å². The van der Waals surface area contributed by atoms with Crippen molar-refractivity contribution in [3.63, 3.8) is 0 Å². The Labute approximate surface area is 408 Å². The summed E-state index contributed by atoms with van der Waals surface area (Å²) in [5.74, 6) is -8.91. The molecular weight excluding hydrogens is 911 g/mol. The number of benzene rings is 1. The Balaban J connectivity index is 1.50. The number of carbonyl (C=O) groups excluding carboxylic acids is 10. The maximum absolute atomic E-state index is 14.2. The third kappa shape index (κ3) is 20.4. The van der Waals surface area contributed by atoms with Crippen molar-refractivity contribution < 1.29 is 67.3 Å². The minimum atomic E-state index is -1.63. The number of ether oxygens (including phenoxy) is 3. The second-order valence-electron chi connectivity index (χ2n) is 18.9. The van der Waals surface area contributed by atoms with Gasteiger partial charge in [-0.3, -0.25) is 47.9 Å². The van der Waals surface area contributed by atoms with Crippen LogP contribution in [0.15, 0.2) is 24.3 Å². The highest BCUT2D eigenvalue weighted by Crippen LogP contribution is 2.23. The molecule has 3 aliphatic rings. The molecule has 1 aromatic rings. The van der Waals surface area contributed by atoms with Crippen LogP contribution in [0, 0.1) is 5.92 Å². The molecule has 1 aromatic carbocycles. The lowest BCUT2D eigenvalue weighted by molar-refractivity contribution is -0.153. The van der Waals surface area contributed by atoms with Crippen LogP contribution in [0.3, 0.4) is 0 Å². The van der Waals surface area contributed by atoms with Crippen molar-refractivity contribution in [2.45, 2.75) is 198 Å². The van der Waals surface area contributed by atoms with Gasteiger partial charge in [0.15, 0.2) is 0 Å². The van der Waals surface area contributed by atoms with Crippen LogP contribution in [0.4, 0.5) is 0 Å². The van der Waals surface area contributed by atoms with E-state index < -0.39 is 121 Å². The molecule has 7 amide bonds. The van der Waals surface area contributed by atoms with Crippen LogP contribution in [-0.4, -0.2) is 119 Å². The summed E-state index contributed by atoms with van der Waals surface area (Å²) >= 11 is 0. The highest BCUT2D eigenvalue weighted by molar-refractivity contribution is 5.98. The standard InChI is InChI=1S/C49H73N7O14/c1-29(2)44(49(67)55-38(26-42(61)69-34-15-9-5-10-16-34)46(64)51-28-40(59)53-37(45(50)63)25-31-19-21-32(58)22-20-31)56-47(65)36(23-24-41(60)68-33-13-7-4-8-14-33)54-48(66)39(52-30(3)57)27-43(62)70-35-17-11-6-12-18-35/h19-22,29,33-39,44,58H,4-18,23-28H2,1-3H3,(H2,50,63)(H,51,64)(H,52,57)(H,53,59)(H,54,66)(H,55,67)(H,56,65)/t36-,37-,38-,39-,44-/m0/s1. The number of primary amides is 1. The topological polar surface area (TPSA) is 317 Å². The Morgan fingerprint density at radius 2 is 1.03 bits per heavy atom. The molecule has 21 nitrogen and oxygen atoms in total. The second-order valence-corrected chi connectivity index (χ2v) is 18.9. The third-order valence-corrected chi connectivity index (χ3v) is 12.6. The number of nitrogens with one attached hydrogen (secondary N) is 6. The van der Waals surface area contributed by atoms with E-state index >= 15 is 0 Å². The van der Waals surface area contributed by atoms with Crippen LogP contribution >= 0.6 is 0 Å². The highest BCUT2D eigenvalue weighted by Gasteiger charge is 2.36. The number of carbonyl (C=O) groups is 10. The van der Waals surface area contributed by atoms with Crippen LogP contribution in [-0.2, 0) is 68.6 Å². The van der Waals surface area contributed by atoms with Gasteiger partial charge < -0.3 is 57.0 Å². The van der Waals surface area contributed by atoms with Gasteiger partial charge in [0.2, 0.25) is 41.4 Å². The van der Waals surface area contributed by atoms with Gasteiger partial charge in [-0.15, -0.1) is 0 Å². The van der Waals surface area contributed by atoms with Crippen molar-refractivity contribution >= 4 is 59.3 Å². The molecular formula is C49H73N7O14. The van der Waals surface area contributed by atoms with Gasteiger partial charge in [-0.05, 0) is 107 Å². The SMILES string of the molecule is CC(=O)N[C@@H](CC(=O)OC1CCCCC1)C(=O)N[C@@H](CCC(=O)OC1CCCCC1)C(=O)N[C@H](C(=O)N[C@@H](CC(=O)OC1CCCCC1)C(=O)NCC(=O)N[C@@H](Cc1ccc(O)cc1)C(N)=O)C(C)C. The molecule has 0 radical (unpaired) electrons. The van der Waals surface area contributed by atoms with E-state index in [1.807, 2.05) is 0 Å². The van der Waals surface area contributed by atoms with Crippen molar-refractivity contribution in [3.05, 3.63) is 29.8 Å². The van der Waals surface area contributed by atoms with E-state index in [0.29, 0.717) is 44.1 Å². The predicted molar refractivity (Wildman–Crippen MR) is 252 cm³/mol. The lowest BCUT2D eigenvalue weighted by Gasteiger charge is -2.28. The van der Waals surface area contributed by atoms with E-state index in [2.05, 4.69) is 31.9 Å². The first kappa shape index (κ1) is 56.3. The van der Waals surface area contributed by atoms with Crippen LogP contribution < -0.4 is 37.6 Å². The summed E-state index contributed by atoms with van der Waals surface area (Å²) in [6, 6.07) is -1.32. The largest absolute Gasteiger partial charge is 0.508 e. The normalized spacial score (nSPS) is 17.8. The molecule has 0 saturated heterocycles. The molecule has 0 spiro atoms. The Morgan fingerprint density at radius 3 is 1.50 bits per heavy atom. The Morgan fingerprint density at radius 1 is 0.571 bits per heavy atom. The summed E-state index contributed by atoms with van der Waals surface area (Å²) in [6.45, 7) is 3.64. The van der Waals surface area contributed by atoms with Gasteiger partial charge in [0.05, 0.1) is 19.4 Å². The number of esters is 3. The van der Waals surface area contributed by atoms with Gasteiger partial charge in [0.25, 0.3) is 0 Å². The number of nitrogens with two attached hydrogens (primary N) is 1. The Bertz CT molecular complexity index is 1960. The number of rotatable bonds is 25. The molecule has 70 heavy (non-hydrogen) atoms. The number of phenols is 1. The highest BCUT2D eigenvalue weighted by atomic mass is 16.6. The van der Waals surface area contributed by atoms with Crippen LogP contribution in [0.1, 0.15) is 148 Å². The minimum absolute atomic E-state index is 0.00643. The molecule has 388 valence electrons. The zero-order valence-electron chi connectivity index (χ0n) is 40.7. The van der Waals surface area contributed by atoms with E-state index in [1.54, 1.807) is 26.0 Å². The van der Waals surface area contributed by atoms with E-state index in [-0.39, 0.29) is 37.2 Å². The first-order valence-corrected chi connectivity index (χ1v) is 24.8. The van der Waals surface area contributed by atoms with Crippen molar-refractivity contribution in [1.82, 2.24) is 31.9 Å². The van der Waals surface area contributed by atoms with E-state index in [1.165, 1.54) is 12.1 Å². The quantitative estimate of drug-likeness (QED) is 0.0512. The first-order valence-electron chi connectivity index (χ1n) is 24.8. The number of hydrogen-bond donors (Lipinski definition) is 8. The Hall–Kier alpha value is -6.28. The van der Waals surface area contributed by atoms with Crippen molar-refractivity contribution in [3.8, 4) is 5.75 Å². The zero-order valence-corrected chi connectivity index (χ0v) is 40.7. The minimum Gasteiger partial charge on any atom is -0.508 e. The first-order chi connectivity index (χ1) is 33.4. The van der Waals surface area contributed by atoms with Gasteiger partial charge >= 0.3 is 17.9 Å². The molecule has 3 aliphatic carbocycles. The molecule has 5 atom stereocenters. The van der Waals surface area contributed by atoms with Gasteiger partial charge in [-0.1, -0.05) is 45.2 Å². The molecule has 0 aromatic heterocycles. The van der Waals surface area contributed by atoms with Crippen LogP contribution in [0.25, 0.3) is 0 Å². The van der Waals surface area contributed by atoms with Crippen LogP contribution in [0.2, 0.25) is 0 Å². The summed E-state index contributed by atoms with van der Waals surface area (Å²) in [4.78, 5) is 133. The zero-order chi connectivity index (χ0) is 51.2. The van der Waals surface area contributed by atoms with Crippen molar-refractivity contribution in [1.29, 1.82) is 0 Å². The molecule has 0 heterocycles. The summed E-state index contributed by atoms with van der Waals surface area (Å²) in [5.41, 5.74) is 6.10. The van der Waals surface area contributed by atoms with E-state index in [0.717, 1.165) is 64.7 Å². The molecule has 3 fully saturated rings. The number of aromatic hydroxyl groups is 1. The Kier molecular flexibility index (Phi) is 23.4. The maximum Gasteiger partial charge on any atom is 0.308 e. The molecule has 3 saturated carbocycles. The van der Waals surface area contributed by atoms with Gasteiger partial charge in [-0.25, -0.2) is 0 Å². The maximum atomic E-state index is 14.2. The molecule has 0 bridgehead atoms. The average molecular weight is 984 g/mol. The number of amides is 7. The second kappa shape index (κ2) is 29.0.